The Morgan fingerprint density at radius 1 is 1.12 bits per heavy atom. The second kappa shape index (κ2) is 14.9. The molecule has 2 N–H and O–H groups in total. The maximum absolute atomic E-state index is 10.7. The highest BCUT2D eigenvalue weighted by molar-refractivity contribution is 7.20. The van der Waals surface area contributed by atoms with Crippen molar-refractivity contribution in [3.05, 3.63) is 28.3 Å². The minimum absolute atomic E-state index is 0.550. The van der Waals surface area contributed by atoms with Crippen LogP contribution in [0.5, 0.6) is 0 Å². The molecule has 0 aliphatic rings. The summed E-state index contributed by atoms with van der Waals surface area (Å²) in [5.41, 5.74) is 7.43. The van der Waals surface area contributed by atoms with Gasteiger partial charge in [-0.25, -0.2) is 4.98 Å². The van der Waals surface area contributed by atoms with Crippen LogP contribution in [0.2, 0.25) is 0 Å². The quantitative estimate of drug-likeness (QED) is 0.593. The van der Waals surface area contributed by atoms with E-state index in [1.807, 2.05) is 26.8 Å². The van der Waals surface area contributed by atoms with Gasteiger partial charge in [0.05, 0.1) is 4.88 Å². The van der Waals surface area contributed by atoms with Gasteiger partial charge in [0.15, 0.2) is 6.29 Å². The smallest absolute Gasteiger partial charge is 0.160 e. The molecule has 4 heteroatoms. The van der Waals surface area contributed by atoms with Crippen LogP contribution in [0, 0.1) is 12.3 Å². The molecule has 0 aliphatic heterocycles. The van der Waals surface area contributed by atoms with Gasteiger partial charge in [0.25, 0.3) is 0 Å². The average Bonchev–Trinajstić information content (AvgIpc) is 3.00. The Labute approximate surface area is 165 Å². The van der Waals surface area contributed by atoms with E-state index < -0.39 is 0 Å². The second-order valence-electron chi connectivity index (χ2n) is 6.95. The van der Waals surface area contributed by atoms with Gasteiger partial charge in [-0.1, -0.05) is 61.3 Å². The fourth-order valence-electron chi connectivity index (χ4n) is 2.45. The Hall–Kier alpha value is -1.26. The summed E-state index contributed by atoms with van der Waals surface area (Å²) in [5.74, 6) is 0. The first-order chi connectivity index (χ1) is 12.3. The summed E-state index contributed by atoms with van der Waals surface area (Å²) in [6.07, 6.45) is 5.72. The van der Waals surface area contributed by atoms with Crippen LogP contribution in [-0.4, -0.2) is 18.3 Å². The molecule has 2 heterocycles. The Kier molecular flexibility index (Phi) is 15.4. The van der Waals surface area contributed by atoms with Gasteiger partial charge in [-0.15, -0.1) is 11.3 Å². The minimum atomic E-state index is 0.550. The van der Waals surface area contributed by atoms with Crippen molar-refractivity contribution >= 4 is 27.8 Å². The highest BCUT2D eigenvalue weighted by atomic mass is 32.1. The lowest BCUT2D eigenvalue weighted by Crippen LogP contribution is -2.02. The van der Waals surface area contributed by atoms with Gasteiger partial charge in [0.1, 0.15) is 4.83 Å². The number of thiophene rings is 1. The van der Waals surface area contributed by atoms with E-state index in [-0.39, 0.29) is 0 Å². The molecule has 26 heavy (non-hydrogen) atoms. The fraction of sp³-hybridized carbons (Fsp3) is 0.636. The van der Waals surface area contributed by atoms with Crippen molar-refractivity contribution in [3.63, 3.8) is 0 Å². The molecule has 0 amide bonds. The molecule has 0 atom stereocenters. The van der Waals surface area contributed by atoms with Crippen LogP contribution < -0.4 is 5.73 Å². The van der Waals surface area contributed by atoms with E-state index in [1.54, 1.807) is 0 Å². The van der Waals surface area contributed by atoms with Crippen LogP contribution in [0.4, 0.5) is 0 Å². The normalized spacial score (nSPS) is 9.92. The van der Waals surface area contributed by atoms with Gasteiger partial charge < -0.3 is 5.73 Å². The number of nitrogens with zero attached hydrogens (tertiary/aromatic N) is 1. The molecule has 0 fully saturated rings. The standard InChI is InChI=1S/C12H13NOS.C7H16.C2H6.CH5N/c1-3-4-9-5-10-6-11(7-14)15-12(10)13-8(9)2;1-5-6-7(2,3)4;2*1-2/h5-7H,3-4H2,1-2H3;5-6H2,1-4H3;1-2H3;2H2,1H3. The number of carbonyl (C=O) groups excluding carboxylic acids is 1. The summed E-state index contributed by atoms with van der Waals surface area (Å²) in [4.78, 5) is 16.9. The largest absolute Gasteiger partial charge is 0.333 e. The van der Waals surface area contributed by atoms with Crippen LogP contribution in [-0.2, 0) is 6.42 Å². The van der Waals surface area contributed by atoms with Crippen LogP contribution in [0.15, 0.2) is 12.1 Å². The first-order valence-electron chi connectivity index (χ1n) is 9.73. The van der Waals surface area contributed by atoms with Gasteiger partial charge >= 0.3 is 0 Å². The summed E-state index contributed by atoms with van der Waals surface area (Å²) in [7, 11) is 1.50. The molecule has 0 unspecified atom stereocenters. The molecule has 0 spiro atoms. The Bertz CT molecular complexity index is 612. The zero-order valence-corrected chi connectivity index (χ0v) is 19.2. The maximum atomic E-state index is 10.7. The topological polar surface area (TPSA) is 56.0 Å². The van der Waals surface area contributed by atoms with Gasteiger partial charge in [0, 0.05) is 11.1 Å². The van der Waals surface area contributed by atoms with E-state index in [9.17, 15) is 4.79 Å². The summed E-state index contributed by atoms with van der Waals surface area (Å²) < 4.78 is 0. The van der Waals surface area contributed by atoms with Crippen molar-refractivity contribution < 1.29 is 4.79 Å². The zero-order valence-electron chi connectivity index (χ0n) is 18.4. The molecule has 2 aromatic rings. The first kappa shape index (κ1) is 27.0. The molecule has 0 aromatic carbocycles. The summed E-state index contributed by atoms with van der Waals surface area (Å²) >= 11 is 1.46. The van der Waals surface area contributed by atoms with E-state index >= 15 is 0 Å². The number of hydrogen-bond acceptors (Lipinski definition) is 4. The van der Waals surface area contributed by atoms with E-state index in [0.29, 0.717) is 5.41 Å². The molecule has 0 radical (unpaired) electrons. The van der Waals surface area contributed by atoms with Crippen molar-refractivity contribution in [2.75, 3.05) is 7.05 Å². The van der Waals surface area contributed by atoms with E-state index in [4.69, 9.17) is 0 Å². The molecule has 0 saturated carbocycles. The number of aldehydes is 1. The number of carbonyl (C=O) groups is 1. The lowest BCUT2D eigenvalue weighted by atomic mass is 9.91. The van der Waals surface area contributed by atoms with Crippen molar-refractivity contribution in [3.8, 4) is 0 Å². The Balaban J connectivity index is 0. The van der Waals surface area contributed by atoms with Crippen LogP contribution in [0.25, 0.3) is 10.2 Å². The molecular weight excluding hydrogens is 340 g/mol. The lowest BCUT2D eigenvalue weighted by Gasteiger charge is -2.15. The number of pyridine rings is 1. The molecule has 2 rings (SSSR count). The van der Waals surface area contributed by atoms with Gasteiger partial charge in [-0.2, -0.15) is 0 Å². The number of hydrogen-bond donors (Lipinski definition) is 1. The SMILES string of the molecule is CC.CCCC(C)(C)C.CCCc1cc2cc(C=O)sc2nc1C.CN. The first-order valence-corrected chi connectivity index (χ1v) is 10.5. The molecular formula is C22H40N2OS. The summed E-state index contributed by atoms with van der Waals surface area (Å²) in [5, 5.41) is 1.09. The second-order valence-corrected chi connectivity index (χ2v) is 8.02. The van der Waals surface area contributed by atoms with E-state index in [0.717, 1.165) is 39.9 Å². The van der Waals surface area contributed by atoms with Crippen molar-refractivity contribution in [2.45, 2.75) is 81.1 Å². The lowest BCUT2D eigenvalue weighted by molar-refractivity contribution is 0.112. The Morgan fingerprint density at radius 2 is 1.69 bits per heavy atom. The van der Waals surface area contributed by atoms with E-state index in [1.165, 1.54) is 36.8 Å². The molecule has 0 bridgehead atoms. The molecule has 0 saturated heterocycles. The van der Waals surface area contributed by atoms with E-state index in [2.05, 4.69) is 51.4 Å². The molecule has 150 valence electrons. The third-order valence-electron chi connectivity index (χ3n) is 3.46. The predicted molar refractivity (Wildman–Crippen MR) is 120 cm³/mol. The number of aryl methyl sites for hydroxylation is 2. The monoisotopic (exact) mass is 380 g/mol. The van der Waals surface area contributed by atoms with Crippen molar-refractivity contribution in [2.24, 2.45) is 11.1 Å². The van der Waals surface area contributed by atoms with Gasteiger partial charge in [-0.3, -0.25) is 4.79 Å². The average molecular weight is 381 g/mol. The minimum Gasteiger partial charge on any atom is -0.333 e. The summed E-state index contributed by atoms with van der Waals surface area (Å²) in [6.45, 7) is 17.2. The van der Waals surface area contributed by atoms with Crippen LogP contribution in [0.3, 0.4) is 0 Å². The number of aromatic nitrogens is 1. The van der Waals surface area contributed by atoms with Gasteiger partial charge in [0.2, 0.25) is 0 Å². The number of rotatable bonds is 4. The Morgan fingerprint density at radius 3 is 2.08 bits per heavy atom. The third-order valence-corrected chi connectivity index (χ3v) is 4.43. The number of fused-ring (bicyclic) bond motifs is 1. The number of nitrogens with two attached hydrogens (primary N) is 1. The maximum Gasteiger partial charge on any atom is 0.160 e. The van der Waals surface area contributed by atoms with Crippen molar-refractivity contribution in [1.82, 2.24) is 4.98 Å². The predicted octanol–water partition coefficient (Wildman–Crippen LogP) is 6.80. The molecule has 3 nitrogen and oxygen atoms in total. The van der Waals surface area contributed by atoms with Gasteiger partial charge in [-0.05, 0) is 49.9 Å². The zero-order chi connectivity index (χ0) is 20.8. The highest BCUT2D eigenvalue weighted by Crippen LogP contribution is 2.25. The highest BCUT2D eigenvalue weighted by Gasteiger charge is 2.07. The fourth-order valence-corrected chi connectivity index (χ4v) is 3.33. The molecule has 0 aliphatic carbocycles. The third kappa shape index (κ3) is 10.7. The molecule has 2 aromatic heterocycles. The van der Waals surface area contributed by atoms with Crippen LogP contribution in [0.1, 0.15) is 88.7 Å². The van der Waals surface area contributed by atoms with Crippen LogP contribution >= 0.6 is 11.3 Å². The van der Waals surface area contributed by atoms with Crippen molar-refractivity contribution in [1.29, 1.82) is 0 Å². The summed E-state index contributed by atoms with van der Waals surface area (Å²) in [6, 6.07) is 4.07.